The van der Waals surface area contributed by atoms with Gasteiger partial charge in [-0.05, 0) is 24.7 Å². The van der Waals surface area contributed by atoms with Crippen molar-refractivity contribution in [1.82, 2.24) is 20.3 Å². The van der Waals surface area contributed by atoms with Gasteiger partial charge < -0.3 is 5.32 Å². The molecule has 0 radical (unpaired) electrons. The van der Waals surface area contributed by atoms with Crippen LogP contribution in [0.1, 0.15) is 18.2 Å². The van der Waals surface area contributed by atoms with Crippen molar-refractivity contribution < 1.29 is 0 Å². The molecule has 2 aromatic rings. The number of nitrogens with one attached hydrogen (secondary N) is 1. The van der Waals surface area contributed by atoms with Crippen molar-refractivity contribution in [2.24, 2.45) is 0 Å². The topological polar surface area (TPSA) is 66.5 Å². The second kappa shape index (κ2) is 5.63. The van der Waals surface area contributed by atoms with Gasteiger partial charge >= 0.3 is 0 Å². The molecule has 92 valence electrons. The van der Waals surface area contributed by atoms with E-state index >= 15 is 0 Å². The van der Waals surface area contributed by atoms with Gasteiger partial charge in [0.15, 0.2) is 0 Å². The number of aromatic nitrogens is 3. The number of benzene rings is 1. The highest BCUT2D eigenvalue weighted by Gasteiger charge is 2.09. The molecule has 0 unspecified atom stereocenters. The molecule has 1 aromatic carbocycles. The maximum absolute atomic E-state index is 8.80. The fourth-order valence-electron chi connectivity index (χ4n) is 1.58. The van der Waals surface area contributed by atoms with Crippen LogP contribution >= 0.6 is 11.6 Å². The third-order valence-electron chi connectivity index (χ3n) is 2.48. The van der Waals surface area contributed by atoms with Crippen LogP contribution in [0.3, 0.4) is 0 Å². The molecule has 0 aliphatic carbocycles. The molecule has 18 heavy (non-hydrogen) atoms. The minimum atomic E-state index is 0.484. The van der Waals surface area contributed by atoms with Gasteiger partial charge in [-0.3, -0.25) is 0 Å². The highest BCUT2D eigenvalue weighted by molar-refractivity contribution is 6.32. The van der Waals surface area contributed by atoms with Crippen LogP contribution in [0.15, 0.2) is 24.4 Å². The molecular formula is C12H12ClN5. The second-order valence-electron chi connectivity index (χ2n) is 3.70. The molecule has 1 heterocycles. The van der Waals surface area contributed by atoms with Crippen LogP contribution in [-0.4, -0.2) is 21.5 Å². The predicted octanol–water partition coefficient (Wildman–Crippen LogP) is 1.90. The third kappa shape index (κ3) is 2.50. The van der Waals surface area contributed by atoms with Crippen LogP contribution in [0.2, 0.25) is 5.02 Å². The molecular weight excluding hydrogens is 250 g/mol. The van der Waals surface area contributed by atoms with E-state index in [1.165, 1.54) is 0 Å². The maximum atomic E-state index is 8.80. The number of hydrogen-bond acceptors (Lipinski definition) is 4. The Bertz CT molecular complexity index is 584. The van der Waals surface area contributed by atoms with Gasteiger partial charge in [0, 0.05) is 6.54 Å². The van der Waals surface area contributed by atoms with Gasteiger partial charge in [0.05, 0.1) is 34.2 Å². The Hall–Kier alpha value is -1.90. The average molecular weight is 262 g/mol. The van der Waals surface area contributed by atoms with E-state index in [1.54, 1.807) is 29.1 Å². The van der Waals surface area contributed by atoms with Gasteiger partial charge in [0.2, 0.25) is 0 Å². The van der Waals surface area contributed by atoms with E-state index in [2.05, 4.69) is 15.6 Å². The molecule has 0 fully saturated rings. The zero-order valence-electron chi connectivity index (χ0n) is 9.89. The van der Waals surface area contributed by atoms with Gasteiger partial charge in [-0.2, -0.15) is 5.26 Å². The maximum Gasteiger partial charge on any atom is 0.0992 e. The van der Waals surface area contributed by atoms with Crippen molar-refractivity contribution >= 4 is 11.6 Å². The molecule has 1 aromatic heterocycles. The summed E-state index contributed by atoms with van der Waals surface area (Å²) >= 11 is 6.15. The Morgan fingerprint density at radius 1 is 1.50 bits per heavy atom. The summed E-state index contributed by atoms with van der Waals surface area (Å²) in [7, 11) is 0. The average Bonchev–Trinajstić information content (AvgIpc) is 2.84. The Morgan fingerprint density at radius 3 is 3.00 bits per heavy atom. The standard InChI is InChI=1S/C12H12ClN5/c1-2-15-7-10-8-16-17-18(10)12-4-3-9(6-14)5-11(12)13/h3-5,8,15H,2,7H2,1H3. The molecule has 0 aliphatic heterocycles. The molecule has 5 nitrogen and oxygen atoms in total. The van der Waals surface area contributed by atoms with Crippen LogP contribution in [-0.2, 0) is 6.54 Å². The van der Waals surface area contributed by atoms with Crippen molar-refractivity contribution in [3.63, 3.8) is 0 Å². The highest BCUT2D eigenvalue weighted by Crippen LogP contribution is 2.22. The summed E-state index contributed by atoms with van der Waals surface area (Å²) in [6.07, 6.45) is 1.69. The van der Waals surface area contributed by atoms with E-state index < -0.39 is 0 Å². The zero-order chi connectivity index (χ0) is 13.0. The minimum Gasteiger partial charge on any atom is -0.311 e. The summed E-state index contributed by atoms with van der Waals surface area (Å²) in [5.41, 5.74) is 2.17. The van der Waals surface area contributed by atoms with E-state index in [0.29, 0.717) is 17.1 Å². The molecule has 0 bridgehead atoms. The lowest BCUT2D eigenvalue weighted by Gasteiger charge is -2.08. The smallest absolute Gasteiger partial charge is 0.0992 e. The van der Waals surface area contributed by atoms with Crippen molar-refractivity contribution in [3.05, 3.63) is 40.7 Å². The molecule has 0 atom stereocenters. The van der Waals surface area contributed by atoms with Crippen LogP contribution in [0.4, 0.5) is 0 Å². The zero-order valence-corrected chi connectivity index (χ0v) is 10.6. The number of rotatable bonds is 4. The van der Waals surface area contributed by atoms with Crippen LogP contribution < -0.4 is 5.32 Å². The Morgan fingerprint density at radius 2 is 2.33 bits per heavy atom. The van der Waals surface area contributed by atoms with Crippen LogP contribution in [0.5, 0.6) is 0 Å². The Balaban J connectivity index is 2.37. The van der Waals surface area contributed by atoms with Gasteiger partial charge in [0.25, 0.3) is 0 Å². The lowest BCUT2D eigenvalue weighted by atomic mass is 10.2. The van der Waals surface area contributed by atoms with E-state index in [4.69, 9.17) is 16.9 Å². The molecule has 0 saturated heterocycles. The summed E-state index contributed by atoms with van der Waals surface area (Å²) in [4.78, 5) is 0. The van der Waals surface area contributed by atoms with E-state index in [-0.39, 0.29) is 0 Å². The minimum absolute atomic E-state index is 0.484. The van der Waals surface area contributed by atoms with Crippen molar-refractivity contribution in [2.45, 2.75) is 13.5 Å². The normalized spacial score (nSPS) is 10.3. The van der Waals surface area contributed by atoms with Crippen molar-refractivity contribution in [2.75, 3.05) is 6.54 Å². The number of nitrogens with zero attached hydrogens (tertiary/aromatic N) is 4. The quantitative estimate of drug-likeness (QED) is 0.913. The summed E-state index contributed by atoms with van der Waals surface area (Å²) in [6, 6.07) is 7.14. The van der Waals surface area contributed by atoms with Gasteiger partial charge in [0.1, 0.15) is 0 Å². The van der Waals surface area contributed by atoms with Gasteiger partial charge in [-0.15, -0.1) is 5.10 Å². The molecule has 1 N–H and O–H groups in total. The summed E-state index contributed by atoms with van der Waals surface area (Å²) < 4.78 is 1.67. The Kier molecular flexibility index (Phi) is 3.92. The molecule has 0 spiro atoms. The first-order valence-electron chi connectivity index (χ1n) is 5.56. The highest BCUT2D eigenvalue weighted by atomic mass is 35.5. The van der Waals surface area contributed by atoms with Crippen LogP contribution in [0, 0.1) is 11.3 Å². The number of nitriles is 1. The van der Waals surface area contributed by atoms with Crippen molar-refractivity contribution in [3.8, 4) is 11.8 Å². The fourth-order valence-corrected chi connectivity index (χ4v) is 1.84. The molecule has 6 heteroatoms. The molecule has 0 amide bonds. The van der Waals surface area contributed by atoms with E-state index in [9.17, 15) is 0 Å². The lowest BCUT2D eigenvalue weighted by Crippen LogP contribution is -2.15. The first-order chi connectivity index (χ1) is 8.76. The van der Waals surface area contributed by atoms with E-state index in [0.717, 1.165) is 17.9 Å². The fraction of sp³-hybridized carbons (Fsp3) is 0.250. The lowest BCUT2D eigenvalue weighted by molar-refractivity contribution is 0.672. The summed E-state index contributed by atoms with van der Waals surface area (Å²) in [5, 5.41) is 20.4. The van der Waals surface area contributed by atoms with Crippen LogP contribution in [0.25, 0.3) is 5.69 Å². The third-order valence-corrected chi connectivity index (χ3v) is 2.78. The molecule has 2 rings (SSSR count). The molecule has 0 saturated carbocycles. The number of hydrogen-bond donors (Lipinski definition) is 1. The SMILES string of the molecule is CCNCc1cnnn1-c1ccc(C#N)cc1Cl. The summed E-state index contributed by atoms with van der Waals surface area (Å²) in [5.74, 6) is 0. The number of halogens is 1. The van der Waals surface area contributed by atoms with Gasteiger partial charge in [-0.1, -0.05) is 23.7 Å². The second-order valence-corrected chi connectivity index (χ2v) is 4.10. The van der Waals surface area contributed by atoms with E-state index in [1.807, 2.05) is 13.0 Å². The Labute approximate surface area is 110 Å². The monoisotopic (exact) mass is 261 g/mol. The van der Waals surface area contributed by atoms with Gasteiger partial charge in [-0.25, -0.2) is 4.68 Å². The van der Waals surface area contributed by atoms with Crippen molar-refractivity contribution in [1.29, 1.82) is 5.26 Å². The first-order valence-corrected chi connectivity index (χ1v) is 5.94. The summed E-state index contributed by atoms with van der Waals surface area (Å²) in [6.45, 7) is 3.56. The largest absolute Gasteiger partial charge is 0.311 e. The molecule has 0 aliphatic rings. The first kappa shape index (κ1) is 12.6. The predicted molar refractivity (Wildman–Crippen MR) is 68.5 cm³/mol.